The molecule has 1 fully saturated rings. The monoisotopic (exact) mass is 264 g/mol. The molecule has 5 atom stereocenters. The standard InChI is InChI=1S/C12H24O6/c1-2-3-4-5-6-17-11-10(15)9(14)8(7-13)18-12(11)16/h8-16H,2-7H2,1H3/t8-,9-,10+,11-,12-/m1/s1. The lowest BCUT2D eigenvalue weighted by molar-refractivity contribution is -0.296. The van der Waals surface area contributed by atoms with E-state index in [4.69, 9.17) is 14.6 Å². The Morgan fingerprint density at radius 3 is 2.39 bits per heavy atom. The molecule has 0 aliphatic carbocycles. The maximum atomic E-state index is 9.79. The highest BCUT2D eigenvalue weighted by Gasteiger charge is 2.44. The minimum absolute atomic E-state index is 0.401. The molecule has 0 amide bonds. The minimum Gasteiger partial charge on any atom is -0.394 e. The number of hydrogen-bond acceptors (Lipinski definition) is 6. The van der Waals surface area contributed by atoms with Crippen LogP contribution in [0.1, 0.15) is 32.6 Å². The predicted octanol–water partition coefficient (Wildman–Crippen LogP) is -0.617. The summed E-state index contributed by atoms with van der Waals surface area (Å²) in [6, 6.07) is 0. The van der Waals surface area contributed by atoms with E-state index in [0.717, 1.165) is 25.7 Å². The van der Waals surface area contributed by atoms with E-state index in [9.17, 15) is 15.3 Å². The van der Waals surface area contributed by atoms with Crippen molar-refractivity contribution in [1.82, 2.24) is 0 Å². The van der Waals surface area contributed by atoms with E-state index in [1.165, 1.54) is 0 Å². The van der Waals surface area contributed by atoms with Gasteiger partial charge in [-0.1, -0.05) is 26.2 Å². The molecule has 108 valence electrons. The Morgan fingerprint density at radius 2 is 1.78 bits per heavy atom. The largest absolute Gasteiger partial charge is 0.394 e. The van der Waals surface area contributed by atoms with Crippen LogP contribution in [0.5, 0.6) is 0 Å². The Morgan fingerprint density at radius 1 is 1.06 bits per heavy atom. The molecule has 1 aliphatic rings. The minimum atomic E-state index is -1.33. The first-order chi connectivity index (χ1) is 8.61. The first-order valence-electron chi connectivity index (χ1n) is 6.54. The molecule has 0 aromatic carbocycles. The van der Waals surface area contributed by atoms with Gasteiger partial charge in [-0.2, -0.15) is 0 Å². The number of aliphatic hydroxyl groups excluding tert-OH is 4. The van der Waals surface area contributed by atoms with Crippen LogP contribution in [0.15, 0.2) is 0 Å². The fourth-order valence-electron chi connectivity index (χ4n) is 2.00. The van der Waals surface area contributed by atoms with Gasteiger partial charge < -0.3 is 29.9 Å². The maximum absolute atomic E-state index is 9.79. The molecule has 4 N–H and O–H groups in total. The summed E-state index contributed by atoms with van der Waals surface area (Å²) in [6.07, 6.45) is -1.68. The molecule has 1 heterocycles. The summed E-state index contributed by atoms with van der Waals surface area (Å²) in [5, 5.41) is 38.0. The van der Waals surface area contributed by atoms with Gasteiger partial charge in [-0.3, -0.25) is 0 Å². The second-order valence-electron chi connectivity index (χ2n) is 4.62. The van der Waals surface area contributed by atoms with Crippen molar-refractivity contribution in [3.8, 4) is 0 Å². The maximum Gasteiger partial charge on any atom is 0.184 e. The summed E-state index contributed by atoms with van der Waals surface area (Å²) in [5.74, 6) is 0. The van der Waals surface area contributed by atoms with Crippen LogP contribution in [0.25, 0.3) is 0 Å². The SMILES string of the molecule is CCCCCCO[C@@H]1[C@@H](O)[C@H](O)[C@@H](CO)O[C@H]1O. The average Bonchev–Trinajstić information content (AvgIpc) is 2.37. The third-order valence-electron chi connectivity index (χ3n) is 3.15. The van der Waals surface area contributed by atoms with Crippen LogP contribution in [0, 0.1) is 0 Å². The molecule has 0 spiro atoms. The third kappa shape index (κ3) is 4.15. The van der Waals surface area contributed by atoms with Crippen molar-refractivity contribution in [2.45, 2.75) is 63.3 Å². The van der Waals surface area contributed by atoms with Crippen molar-refractivity contribution in [3.05, 3.63) is 0 Å². The Bertz CT molecular complexity index is 225. The fraction of sp³-hybridized carbons (Fsp3) is 1.00. The molecule has 0 bridgehead atoms. The van der Waals surface area contributed by atoms with Crippen LogP contribution in [-0.4, -0.2) is 64.3 Å². The Labute approximate surface area is 107 Å². The van der Waals surface area contributed by atoms with Crippen LogP contribution in [0.3, 0.4) is 0 Å². The molecule has 6 heteroatoms. The van der Waals surface area contributed by atoms with Crippen molar-refractivity contribution >= 4 is 0 Å². The smallest absolute Gasteiger partial charge is 0.184 e. The van der Waals surface area contributed by atoms with Gasteiger partial charge in [0.05, 0.1) is 6.61 Å². The average molecular weight is 264 g/mol. The van der Waals surface area contributed by atoms with Gasteiger partial charge in [0.25, 0.3) is 0 Å². The summed E-state index contributed by atoms with van der Waals surface area (Å²) in [4.78, 5) is 0. The van der Waals surface area contributed by atoms with Gasteiger partial charge in [-0.25, -0.2) is 0 Å². The van der Waals surface area contributed by atoms with Crippen LogP contribution >= 0.6 is 0 Å². The Kier molecular flexibility index (Phi) is 7.06. The highest BCUT2D eigenvalue weighted by molar-refractivity contribution is 4.89. The normalized spacial score (nSPS) is 36.8. The van der Waals surface area contributed by atoms with Crippen molar-refractivity contribution in [2.75, 3.05) is 13.2 Å². The van der Waals surface area contributed by atoms with Crippen molar-refractivity contribution in [3.63, 3.8) is 0 Å². The Balaban J connectivity index is 2.35. The van der Waals surface area contributed by atoms with E-state index >= 15 is 0 Å². The quantitative estimate of drug-likeness (QED) is 0.458. The number of ether oxygens (including phenoxy) is 2. The van der Waals surface area contributed by atoms with E-state index in [0.29, 0.717) is 6.61 Å². The molecule has 1 saturated heterocycles. The molecule has 1 rings (SSSR count). The zero-order valence-corrected chi connectivity index (χ0v) is 10.7. The van der Waals surface area contributed by atoms with Crippen LogP contribution in [0.4, 0.5) is 0 Å². The zero-order chi connectivity index (χ0) is 13.5. The van der Waals surface area contributed by atoms with Gasteiger partial charge in [-0.05, 0) is 6.42 Å². The lowest BCUT2D eigenvalue weighted by Gasteiger charge is -2.39. The second-order valence-corrected chi connectivity index (χ2v) is 4.62. The van der Waals surface area contributed by atoms with Crippen LogP contribution < -0.4 is 0 Å². The van der Waals surface area contributed by atoms with E-state index in [1.54, 1.807) is 0 Å². The molecule has 18 heavy (non-hydrogen) atoms. The fourth-order valence-corrected chi connectivity index (χ4v) is 2.00. The van der Waals surface area contributed by atoms with Crippen molar-refractivity contribution < 1.29 is 29.9 Å². The van der Waals surface area contributed by atoms with Crippen LogP contribution in [-0.2, 0) is 9.47 Å². The molecule has 0 saturated carbocycles. The van der Waals surface area contributed by atoms with Gasteiger partial charge in [0.1, 0.15) is 24.4 Å². The topological polar surface area (TPSA) is 99.4 Å². The van der Waals surface area contributed by atoms with Gasteiger partial charge in [0.15, 0.2) is 6.29 Å². The summed E-state index contributed by atoms with van der Waals surface area (Å²) >= 11 is 0. The molecule has 1 aliphatic heterocycles. The molecule has 0 radical (unpaired) electrons. The lowest BCUT2D eigenvalue weighted by atomic mass is 9.99. The van der Waals surface area contributed by atoms with E-state index in [-0.39, 0.29) is 0 Å². The first-order valence-corrected chi connectivity index (χ1v) is 6.54. The molecule has 6 nitrogen and oxygen atoms in total. The second kappa shape index (κ2) is 8.04. The van der Waals surface area contributed by atoms with Gasteiger partial charge in [-0.15, -0.1) is 0 Å². The van der Waals surface area contributed by atoms with Crippen molar-refractivity contribution in [2.24, 2.45) is 0 Å². The summed E-state index contributed by atoms with van der Waals surface area (Å²) in [5.41, 5.74) is 0. The van der Waals surface area contributed by atoms with Crippen LogP contribution in [0.2, 0.25) is 0 Å². The first kappa shape index (κ1) is 15.8. The molecule has 0 aromatic rings. The van der Waals surface area contributed by atoms with Crippen molar-refractivity contribution in [1.29, 1.82) is 0 Å². The highest BCUT2D eigenvalue weighted by atomic mass is 16.7. The lowest BCUT2D eigenvalue weighted by Crippen LogP contribution is -2.59. The summed E-state index contributed by atoms with van der Waals surface area (Å²) in [6.45, 7) is 2.05. The number of hydrogen-bond donors (Lipinski definition) is 4. The molecular formula is C12H24O6. The number of rotatable bonds is 7. The molecular weight excluding hydrogens is 240 g/mol. The van der Waals surface area contributed by atoms with E-state index in [1.807, 2.05) is 0 Å². The molecule has 0 aromatic heterocycles. The van der Waals surface area contributed by atoms with E-state index in [2.05, 4.69) is 6.92 Å². The number of unbranched alkanes of at least 4 members (excludes halogenated alkanes) is 3. The Hall–Kier alpha value is -0.240. The van der Waals surface area contributed by atoms with Gasteiger partial charge in [0.2, 0.25) is 0 Å². The number of aliphatic hydroxyl groups is 4. The summed E-state index contributed by atoms with van der Waals surface area (Å²) < 4.78 is 10.3. The summed E-state index contributed by atoms with van der Waals surface area (Å²) in [7, 11) is 0. The van der Waals surface area contributed by atoms with Gasteiger partial charge in [0, 0.05) is 6.61 Å². The highest BCUT2D eigenvalue weighted by Crippen LogP contribution is 2.22. The molecule has 0 unspecified atom stereocenters. The van der Waals surface area contributed by atoms with E-state index < -0.39 is 37.3 Å². The van der Waals surface area contributed by atoms with Gasteiger partial charge >= 0.3 is 0 Å². The predicted molar refractivity (Wildman–Crippen MR) is 63.9 cm³/mol. The zero-order valence-electron chi connectivity index (χ0n) is 10.7. The third-order valence-corrected chi connectivity index (χ3v) is 3.15.